The molecule has 0 aliphatic heterocycles. The molecule has 4 rings (SSSR count). The number of thioether (sulfide) groups is 1. The summed E-state index contributed by atoms with van der Waals surface area (Å²) < 4.78 is 4.97. The molecule has 3 aromatic carbocycles. The predicted molar refractivity (Wildman–Crippen MR) is 131 cm³/mol. The summed E-state index contributed by atoms with van der Waals surface area (Å²) in [5, 5.41) is 2.88. The number of hydrogen-bond donors (Lipinski definition) is 1. The molecular weight excluding hydrogens is 456 g/mol. The summed E-state index contributed by atoms with van der Waals surface area (Å²) in [7, 11) is 1.35. The molecule has 0 radical (unpaired) electrons. The molecule has 1 N–H and O–H groups in total. The van der Waals surface area contributed by atoms with Crippen molar-refractivity contribution in [1.82, 2.24) is 15.0 Å². The Kier molecular flexibility index (Phi) is 7.55. The minimum absolute atomic E-state index is 0.0346. The van der Waals surface area contributed by atoms with Crippen LogP contribution in [-0.4, -0.2) is 28.0 Å². The average molecular weight is 477 g/mol. The summed E-state index contributed by atoms with van der Waals surface area (Å²) in [5.41, 5.74) is 4.05. The summed E-state index contributed by atoms with van der Waals surface area (Å²) in [5.74, 6) is -0.101. The highest BCUT2D eigenvalue weighted by Gasteiger charge is 2.24. The van der Waals surface area contributed by atoms with Gasteiger partial charge in [-0.05, 0) is 46.8 Å². The van der Waals surface area contributed by atoms with Gasteiger partial charge in [-0.3, -0.25) is 4.79 Å². The molecule has 8 heteroatoms. The number of ether oxygens (including phenoxy) is 1. The Morgan fingerprint density at radius 3 is 2.21 bits per heavy atom. The van der Waals surface area contributed by atoms with E-state index in [2.05, 4.69) is 44.5 Å². The molecule has 6 nitrogen and oxygen atoms in total. The smallest absolute Gasteiger partial charge is 0.323 e. The quantitative estimate of drug-likeness (QED) is 0.252. The van der Waals surface area contributed by atoms with Gasteiger partial charge in [-0.2, -0.15) is 15.0 Å². The van der Waals surface area contributed by atoms with Gasteiger partial charge in [0.15, 0.2) is 5.16 Å². The van der Waals surface area contributed by atoms with Crippen molar-refractivity contribution in [3.05, 3.63) is 107 Å². The van der Waals surface area contributed by atoms with Crippen molar-refractivity contribution in [2.75, 3.05) is 12.4 Å². The molecule has 0 aliphatic rings. The minimum atomic E-state index is -0.625. The fourth-order valence-corrected chi connectivity index (χ4v) is 4.38. The Morgan fingerprint density at radius 1 is 0.909 bits per heavy atom. The summed E-state index contributed by atoms with van der Waals surface area (Å²) in [6.07, 6.45) is 0.855. The van der Waals surface area contributed by atoms with Gasteiger partial charge in [0.1, 0.15) is 5.25 Å². The van der Waals surface area contributed by atoms with E-state index >= 15 is 0 Å². The second-order valence-electron chi connectivity index (χ2n) is 7.13. The summed E-state index contributed by atoms with van der Waals surface area (Å²) >= 11 is 7.30. The highest BCUT2D eigenvalue weighted by atomic mass is 35.5. The van der Waals surface area contributed by atoms with Gasteiger partial charge in [0.25, 0.3) is 0 Å². The van der Waals surface area contributed by atoms with Gasteiger partial charge in [-0.1, -0.05) is 84.6 Å². The lowest BCUT2D eigenvalue weighted by molar-refractivity contribution is -0.140. The van der Waals surface area contributed by atoms with Crippen LogP contribution in [0.15, 0.2) is 90.1 Å². The molecule has 0 fully saturated rings. The first kappa shape index (κ1) is 22.8. The topological polar surface area (TPSA) is 77.0 Å². The fourth-order valence-electron chi connectivity index (χ4n) is 3.20. The number of rotatable bonds is 8. The molecule has 166 valence electrons. The first-order valence-corrected chi connectivity index (χ1v) is 11.5. The van der Waals surface area contributed by atoms with E-state index in [4.69, 9.17) is 16.3 Å². The predicted octanol–water partition coefficient (Wildman–Crippen LogP) is 5.87. The first-order valence-electron chi connectivity index (χ1n) is 10.2. The highest BCUT2D eigenvalue weighted by molar-refractivity contribution is 8.00. The van der Waals surface area contributed by atoms with E-state index in [1.807, 2.05) is 60.7 Å². The number of carbonyl (C=O) groups is 1. The van der Waals surface area contributed by atoms with Gasteiger partial charge in [-0.25, -0.2) is 0 Å². The van der Waals surface area contributed by atoms with Gasteiger partial charge in [0, 0.05) is 5.69 Å². The maximum atomic E-state index is 12.4. The third kappa shape index (κ3) is 6.31. The minimum Gasteiger partial charge on any atom is -0.468 e. The zero-order valence-corrected chi connectivity index (χ0v) is 19.4. The van der Waals surface area contributed by atoms with Crippen LogP contribution < -0.4 is 5.32 Å². The van der Waals surface area contributed by atoms with Crippen molar-refractivity contribution in [2.45, 2.75) is 16.8 Å². The number of esters is 1. The van der Waals surface area contributed by atoms with Crippen LogP contribution in [0.5, 0.6) is 0 Å². The zero-order chi connectivity index (χ0) is 23.0. The molecule has 4 aromatic rings. The molecule has 33 heavy (non-hydrogen) atoms. The van der Waals surface area contributed by atoms with E-state index in [0.717, 1.165) is 29.4 Å². The monoisotopic (exact) mass is 476 g/mol. The third-order valence-corrected chi connectivity index (χ3v) is 6.05. The van der Waals surface area contributed by atoms with Gasteiger partial charge >= 0.3 is 5.97 Å². The third-order valence-electron chi connectivity index (χ3n) is 4.79. The highest BCUT2D eigenvalue weighted by Crippen LogP contribution is 2.35. The van der Waals surface area contributed by atoms with Crippen LogP contribution in [0.2, 0.25) is 5.28 Å². The SMILES string of the molecule is COC(=O)C(Sc1nc(Cl)nc(Nc2ccc(Cc3ccccc3)cc2)n1)c1ccccc1. The Labute approximate surface area is 201 Å². The van der Waals surface area contributed by atoms with E-state index in [-0.39, 0.29) is 5.28 Å². The second kappa shape index (κ2) is 10.9. The Morgan fingerprint density at radius 2 is 1.55 bits per heavy atom. The Bertz CT molecular complexity index is 1210. The maximum absolute atomic E-state index is 12.4. The zero-order valence-electron chi connectivity index (χ0n) is 17.8. The number of halogens is 1. The molecule has 1 heterocycles. The van der Waals surface area contributed by atoms with Crippen molar-refractivity contribution in [3.63, 3.8) is 0 Å². The van der Waals surface area contributed by atoms with Gasteiger partial charge in [0.2, 0.25) is 11.2 Å². The number of aromatic nitrogens is 3. The van der Waals surface area contributed by atoms with Crippen LogP contribution >= 0.6 is 23.4 Å². The lowest BCUT2D eigenvalue weighted by atomic mass is 10.1. The Hall–Kier alpha value is -3.42. The van der Waals surface area contributed by atoms with Crippen LogP contribution in [0, 0.1) is 0 Å². The van der Waals surface area contributed by atoms with Crippen molar-refractivity contribution in [2.24, 2.45) is 0 Å². The second-order valence-corrected chi connectivity index (χ2v) is 8.54. The van der Waals surface area contributed by atoms with Gasteiger partial charge < -0.3 is 10.1 Å². The number of anilines is 2. The standard InChI is InChI=1S/C25H21ClN4O2S/c1-32-22(31)21(19-10-6-3-7-11-19)33-25-29-23(26)28-24(30-25)27-20-14-12-18(13-15-20)16-17-8-4-2-5-9-17/h2-15,21H,16H2,1H3,(H,27,28,29,30). The fraction of sp³-hybridized carbons (Fsp3) is 0.120. The van der Waals surface area contributed by atoms with E-state index < -0.39 is 11.2 Å². The first-order chi connectivity index (χ1) is 16.1. The van der Waals surface area contributed by atoms with Crippen molar-refractivity contribution in [3.8, 4) is 0 Å². The lowest BCUT2D eigenvalue weighted by Crippen LogP contribution is -2.12. The van der Waals surface area contributed by atoms with Crippen molar-refractivity contribution in [1.29, 1.82) is 0 Å². The molecule has 0 saturated heterocycles. The molecule has 1 aromatic heterocycles. The molecule has 0 bridgehead atoms. The number of methoxy groups -OCH3 is 1. The van der Waals surface area contributed by atoms with Gasteiger partial charge in [0.05, 0.1) is 7.11 Å². The summed E-state index contributed by atoms with van der Waals surface area (Å²) in [6.45, 7) is 0. The van der Waals surface area contributed by atoms with Gasteiger partial charge in [-0.15, -0.1) is 0 Å². The average Bonchev–Trinajstić information content (AvgIpc) is 2.84. The molecule has 0 saturated carbocycles. The number of hydrogen-bond acceptors (Lipinski definition) is 7. The van der Waals surface area contributed by atoms with Crippen LogP contribution in [0.4, 0.5) is 11.6 Å². The largest absolute Gasteiger partial charge is 0.468 e. The van der Waals surface area contributed by atoms with E-state index in [9.17, 15) is 4.79 Å². The number of nitrogens with zero attached hydrogens (tertiary/aromatic N) is 3. The maximum Gasteiger partial charge on any atom is 0.323 e. The molecular formula is C25H21ClN4O2S. The molecule has 1 unspecified atom stereocenters. The normalized spacial score (nSPS) is 11.6. The van der Waals surface area contributed by atoms with E-state index in [1.54, 1.807) is 0 Å². The van der Waals surface area contributed by atoms with Crippen LogP contribution in [0.3, 0.4) is 0 Å². The molecule has 0 aliphatic carbocycles. The van der Waals surface area contributed by atoms with Crippen molar-refractivity contribution < 1.29 is 9.53 Å². The van der Waals surface area contributed by atoms with Crippen molar-refractivity contribution >= 4 is 41.0 Å². The summed E-state index contributed by atoms with van der Waals surface area (Å²) in [4.78, 5) is 25.2. The lowest BCUT2D eigenvalue weighted by Gasteiger charge is -2.14. The van der Waals surface area contributed by atoms with Crippen LogP contribution in [0.25, 0.3) is 0 Å². The number of benzene rings is 3. The van der Waals surface area contributed by atoms with E-state index in [0.29, 0.717) is 11.1 Å². The molecule has 1 atom stereocenters. The number of nitrogens with one attached hydrogen (secondary N) is 1. The van der Waals surface area contributed by atoms with E-state index in [1.165, 1.54) is 18.2 Å². The molecule has 0 spiro atoms. The Balaban J connectivity index is 1.49. The summed E-state index contributed by atoms with van der Waals surface area (Å²) in [6, 6.07) is 27.6. The van der Waals surface area contributed by atoms with Crippen LogP contribution in [0.1, 0.15) is 21.9 Å². The number of carbonyl (C=O) groups excluding carboxylic acids is 1. The van der Waals surface area contributed by atoms with Crippen LogP contribution in [-0.2, 0) is 16.0 Å². The molecule has 0 amide bonds.